The predicted molar refractivity (Wildman–Crippen MR) is 156 cm³/mol. The highest BCUT2D eigenvalue weighted by Crippen LogP contribution is 2.55. The molecule has 2 unspecified atom stereocenters. The van der Waals surface area contributed by atoms with Crippen molar-refractivity contribution >= 4 is 11.4 Å². The van der Waals surface area contributed by atoms with E-state index in [4.69, 9.17) is 11.5 Å². The normalized spacial score (nSPS) is 15.9. The molecule has 2 aromatic rings. The minimum atomic E-state index is 0.0219. The molecular weight excluding hydrogens is 424 g/mol. The van der Waals surface area contributed by atoms with Crippen molar-refractivity contribution in [1.82, 2.24) is 0 Å². The number of hydrogen-bond donors (Lipinski definition) is 2. The standard InChI is InChI=1S/C33H52N2/c1-23(2)9-7-11-25(5)17-19-33(20-18-26(6)12-8-10-24(3)4)31-21-27(34)13-15-29(31)30-16-14-28(35)22-32(30)33/h13-16,21-26H,7-12,17-20,34-35H2,1-6H3. The van der Waals surface area contributed by atoms with Crippen molar-refractivity contribution in [3.05, 3.63) is 47.5 Å². The van der Waals surface area contributed by atoms with Gasteiger partial charge in [-0.25, -0.2) is 0 Å². The van der Waals surface area contributed by atoms with Crippen LogP contribution in [-0.2, 0) is 5.41 Å². The van der Waals surface area contributed by atoms with Crippen LogP contribution in [0.15, 0.2) is 36.4 Å². The Morgan fingerprint density at radius 3 is 1.34 bits per heavy atom. The second kappa shape index (κ2) is 12.3. The van der Waals surface area contributed by atoms with E-state index in [1.807, 2.05) is 0 Å². The van der Waals surface area contributed by atoms with E-state index in [9.17, 15) is 0 Å². The summed E-state index contributed by atoms with van der Waals surface area (Å²) in [7, 11) is 0. The van der Waals surface area contributed by atoms with Gasteiger partial charge in [-0.15, -0.1) is 0 Å². The van der Waals surface area contributed by atoms with E-state index < -0.39 is 0 Å². The van der Waals surface area contributed by atoms with E-state index in [2.05, 4.69) is 77.9 Å². The van der Waals surface area contributed by atoms with Crippen molar-refractivity contribution in [2.45, 2.75) is 111 Å². The molecule has 2 nitrogen and oxygen atoms in total. The Morgan fingerprint density at radius 2 is 0.971 bits per heavy atom. The number of rotatable bonds is 14. The quantitative estimate of drug-likeness (QED) is 0.267. The lowest BCUT2D eigenvalue weighted by Gasteiger charge is -2.35. The van der Waals surface area contributed by atoms with Crippen LogP contribution in [0.4, 0.5) is 11.4 Å². The molecule has 3 rings (SSSR count). The van der Waals surface area contributed by atoms with E-state index in [-0.39, 0.29) is 5.41 Å². The lowest BCUT2D eigenvalue weighted by atomic mass is 9.69. The summed E-state index contributed by atoms with van der Waals surface area (Å²) in [6.45, 7) is 14.3. The molecule has 0 spiro atoms. The molecule has 2 atom stereocenters. The molecule has 0 aliphatic heterocycles. The molecule has 0 saturated heterocycles. The van der Waals surface area contributed by atoms with Gasteiger partial charge in [-0.1, -0.05) is 92.2 Å². The van der Waals surface area contributed by atoms with Crippen molar-refractivity contribution in [2.75, 3.05) is 11.5 Å². The van der Waals surface area contributed by atoms with Gasteiger partial charge in [-0.3, -0.25) is 0 Å². The molecule has 1 aliphatic rings. The number of anilines is 2. The van der Waals surface area contributed by atoms with E-state index >= 15 is 0 Å². The van der Waals surface area contributed by atoms with Crippen LogP contribution < -0.4 is 11.5 Å². The van der Waals surface area contributed by atoms with Crippen molar-refractivity contribution in [3.8, 4) is 11.1 Å². The topological polar surface area (TPSA) is 52.0 Å². The summed E-state index contributed by atoms with van der Waals surface area (Å²) in [5.74, 6) is 3.07. The molecule has 1 aliphatic carbocycles. The molecule has 0 heterocycles. The van der Waals surface area contributed by atoms with Crippen LogP contribution in [0.25, 0.3) is 11.1 Å². The van der Waals surface area contributed by atoms with E-state index in [1.165, 1.54) is 86.5 Å². The molecular formula is C33H52N2. The third-order valence-electron chi connectivity index (χ3n) is 8.49. The molecule has 0 aromatic heterocycles. The molecule has 0 bridgehead atoms. The zero-order chi connectivity index (χ0) is 25.6. The van der Waals surface area contributed by atoms with Crippen LogP contribution in [0.1, 0.15) is 117 Å². The Balaban J connectivity index is 1.88. The SMILES string of the molecule is CC(C)CCCC(C)CCC1(CCC(C)CCCC(C)C)c2cc(N)ccc2-c2ccc(N)cc21. The lowest BCUT2D eigenvalue weighted by molar-refractivity contribution is 0.327. The highest BCUT2D eigenvalue weighted by molar-refractivity contribution is 5.83. The Bertz CT molecular complexity index is 865. The predicted octanol–water partition coefficient (Wildman–Crippen LogP) is 9.60. The van der Waals surface area contributed by atoms with Crippen LogP contribution in [0, 0.1) is 23.7 Å². The van der Waals surface area contributed by atoms with Crippen LogP contribution in [0.3, 0.4) is 0 Å². The summed E-state index contributed by atoms with van der Waals surface area (Å²) < 4.78 is 0. The fourth-order valence-electron chi connectivity index (χ4n) is 6.22. The van der Waals surface area contributed by atoms with Crippen molar-refractivity contribution in [2.24, 2.45) is 23.7 Å². The summed E-state index contributed by atoms with van der Waals surface area (Å²) in [5.41, 5.74) is 20.2. The van der Waals surface area contributed by atoms with Gasteiger partial charge in [0, 0.05) is 16.8 Å². The monoisotopic (exact) mass is 476 g/mol. The van der Waals surface area contributed by atoms with Gasteiger partial charge < -0.3 is 11.5 Å². The molecule has 0 saturated carbocycles. The fourth-order valence-corrected chi connectivity index (χ4v) is 6.22. The highest BCUT2D eigenvalue weighted by atomic mass is 14.6. The van der Waals surface area contributed by atoms with Gasteiger partial charge in [0.05, 0.1) is 0 Å². The van der Waals surface area contributed by atoms with Crippen LogP contribution >= 0.6 is 0 Å². The first-order chi connectivity index (χ1) is 16.6. The number of nitrogens with two attached hydrogens (primary N) is 2. The van der Waals surface area contributed by atoms with Gasteiger partial charge in [0.2, 0.25) is 0 Å². The fraction of sp³-hybridized carbons (Fsp3) is 0.636. The number of fused-ring (bicyclic) bond motifs is 3. The van der Waals surface area contributed by atoms with E-state index in [1.54, 1.807) is 0 Å². The zero-order valence-electron chi connectivity index (χ0n) is 23.5. The summed E-state index contributed by atoms with van der Waals surface area (Å²) in [5, 5.41) is 0. The van der Waals surface area contributed by atoms with Crippen LogP contribution in [-0.4, -0.2) is 0 Å². The Labute approximate surface area is 216 Å². The zero-order valence-corrected chi connectivity index (χ0v) is 23.5. The molecule has 0 fully saturated rings. The van der Waals surface area contributed by atoms with Crippen LogP contribution in [0.2, 0.25) is 0 Å². The maximum Gasteiger partial charge on any atom is 0.0317 e. The maximum atomic E-state index is 6.39. The van der Waals surface area contributed by atoms with Gasteiger partial charge in [-0.2, -0.15) is 0 Å². The second-order valence-electron chi connectivity index (χ2n) is 12.6. The van der Waals surface area contributed by atoms with Crippen molar-refractivity contribution in [1.29, 1.82) is 0 Å². The van der Waals surface area contributed by atoms with Crippen molar-refractivity contribution < 1.29 is 0 Å². The third kappa shape index (κ3) is 7.05. The third-order valence-corrected chi connectivity index (χ3v) is 8.49. The molecule has 0 radical (unpaired) electrons. The van der Waals surface area contributed by atoms with Crippen LogP contribution in [0.5, 0.6) is 0 Å². The Morgan fingerprint density at radius 1 is 0.571 bits per heavy atom. The van der Waals surface area contributed by atoms with Gasteiger partial charge in [-0.05, 0) is 95.9 Å². The minimum Gasteiger partial charge on any atom is -0.399 e. The first-order valence-electron chi connectivity index (χ1n) is 14.4. The average molecular weight is 477 g/mol. The number of nitrogen functional groups attached to an aromatic ring is 2. The minimum absolute atomic E-state index is 0.0219. The molecule has 0 amide bonds. The molecule has 35 heavy (non-hydrogen) atoms. The van der Waals surface area contributed by atoms with E-state index in [0.717, 1.165) is 35.0 Å². The Kier molecular flexibility index (Phi) is 9.73. The van der Waals surface area contributed by atoms with Gasteiger partial charge in [0.25, 0.3) is 0 Å². The first-order valence-corrected chi connectivity index (χ1v) is 14.4. The first kappa shape index (κ1) is 27.6. The number of hydrogen-bond acceptors (Lipinski definition) is 2. The van der Waals surface area contributed by atoms with Crippen molar-refractivity contribution in [3.63, 3.8) is 0 Å². The lowest BCUT2D eigenvalue weighted by Crippen LogP contribution is -2.27. The van der Waals surface area contributed by atoms with Gasteiger partial charge in [0.15, 0.2) is 0 Å². The molecule has 4 N–H and O–H groups in total. The molecule has 2 heteroatoms. The highest BCUT2D eigenvalue weighted by Gasteiger charge is 2.43. The summed E-state index contributed by atoms with van der Waals surface area (Å²) in [6, 6.07) is 13.2. The summed E-state index contributed by atoms with van der Waals surface area (Å²) in [6.07, 6.45) is 12.9. The van der Waals surface area contributed by atoms with E-state index in [0.29, 0.717) is 0 Å². The number of benzene rings is 2. The average Bonchev–Trinajstić information content (AvgIpc) is 3.04. The second-order valence-corrected chi connectivity index (χ2v) is 12.6. The molecule has 194 valence electrons. The summed E-state index contributed by atoms with van der Waals surface area (Å²) in [4.78, 5) is 0. The largest absolute Gasteiger partial charge is 0.399 e. The Hall–Kier alpha value is -1.96. The molecule has 2 aromatic carbocycles. The van der Waals surface area contributed by atoms with Gasteiger partial charge in [0.1, 0.15) is 0 Å². The maximum absolute atomic E-state index is 6.39. The smallest absolute Gasteiger partial charge is 0.0317 e. The summed E-state index contributed by atoms with van der Waals surface area (Å²) >= 11 is 0. The van der Waals surface area contributed by atoms with Gasteiger partial charge >= 0.3 is 0 Å².